The van der Waals surface area contributed by atoms with Crippen LogP contribution in [-0.4, -0.2) is 16.2 Å². The fourth-order valence-corrected chi connectivity index (χ4v) is 2.65. The van der Waals surface area contributed by atoms with Crippen LogP contribution in [0, 0.1) is 0 Å². The Morgan fingerprint density at radius 1 is 1.30 bits per heavy atom. The van der Waals surface area contributed by atoms with Crippen LogP contribution in [0.2, 0.25) is 0 Å². The minimum atomic E-state index is 0. The summed E-state index contributed by atoms with van der Waals surface area (Å²) in [7, 11) is 0. The van der Waals surface area contributed by atoms with E-state index in [1.165, 1.54) is 5.56 Å². The van der Waals surface area contributed by atoms with Crippen LogP contribution in [0.15, 0.2) is 29.3 Å². The third-order valence-corrected chi connectivity index (χ3v) is 4.43. The molecule has 0 aliphatic heterocycles. The van der Waals surface area contributed by atoms with Gasteiger partial charge < -0.3 is 11.1 Å². The number of halogens is 1. The topological polar surface area (TPSA) is 76.2 Å². The van der Waals surface area contributed by atoms with Crippen molar-refractivity contribution < 1.29 is 0 Å². The van der Waals surface area contributed by atoms with Crippen molar-refractivity contribution in [3.63, 3.8) is 0 Å². The lowest BCUT2D eigenvalue weighted by Crippen LogP contribution is -2.22. The van der Waals surface area contributed by atoms with E-state index in [-0.39, 0.29) is 29.4 Å². The van der Waals surface area contributed by atoms with Crippen molar-refractivity contribution in [2.45, 2.75) is 46.1 Å². The molecule has 0 bridgehead atoms. The first-order valence-corrected chi connectivity index (χ1v) is 8.19. The average Bonchev–Trinajstić information content (AvgIpc) is 2.94. The number of hydrogen-bond donors (Lipinski definition) is 2. The number of hydrogen-bond acceptors (Lipinski definition) is 4. The largest absolute Gasteiger partial charge is 0.370 e. The van der Waals surface area contributed by atoms with Crippen molar-refractivity contribution >= 4 is 47.0 Å². The lowest BCUT2D eigenvalue weighted by atomic mass is 9.98. The summed E-state index contributed by atoms with van der Waals surface area (Å²) in [6, 6.07) is 8.15. The van der Waals surface area contributed by atoms with Crippen LogP contribution in [0.3, 0.4) is 0 Å². The minimum absolute atomic E-state index is 0. The Kier molecular flexibility index (Phi) is 7.40. The number of benzene rings is 1. The van der Waals surface area contributed by atoms with Crippen LogP contribution in [-0.2, 0) is 18.4 Å². The predicted octanol–water partition coefficient (Wildman–Crippen LogP) is 3.94. The number of anilines is 1. The highest BCUT2D eigenvalue weighted by Crippen LogP contribution is 2.25. The number of aryl methyl sites for hydroxylation is 1. The molecule has 126 valence electrons. The Hall–Kier alpha value is -1.22. The Labute approximate surface area is 158 Å². The van der Waals surface area contributed by atoms with Gasteiger partial charge in [0.2, 0.25) is 0 Å². The molecule has 0 saturated carbocycles. The first-order valence-electron chi connectivity index (χ1n) is 7.37. The second-order valence-electron chi connectivity index (χ2n) is 6.13. The summed E-state index contributed by atoms with van der Waals surface area (Å²) in [5, 5.41) is 13.4. The quantitative estimate of drug-likeness (QED) is 0.425. The van der Waals surface area contributed by atoms with Gasteiger partial charge in [-0.15, -0.1) is 34.2 Å². The molecule has 23 heavy (non-hydrogen) atoms. The molecule has 1 aromatic carbocycles. The molecule has 3 N–H and O–H groups in total. The molecule has 0 spiro atoms. The van der Waals surface area contributed by atoms with Crippen molar-refractivity contribution in [1.29, 1.82) is 0 Å². The van der Waals surface area contributed by atoms with E-state index in [9.17, 15) is 0 Å². The predicted molar refractivity (Wildman–Crippen MR) is 109 cm³/mol. The zero-order chi connectivity index (χ0) is 16.2. The molecule has 0 saturated heterocycles. The Balaban J connectivity index is 0.00000264. The summed E-state index contributed by atoms with van der Waals surface area (Å²) in [5.41, 5.74) is 8.16. The van der Waals surface area contributed by atoms with Gasteiger partial charge in [-0.25, -0.2) is 4.99 Å². The van der Waals surface area contributed by atoms with Crippen LogP contribution in [0.1, 0.15) is 43.3 Å². The third kappa shape index (κ3) is 6.06. The van der Waals surface area contributed by atoms with Gasteiger partial charge in [0.15, 0.2) is 5.96 Å². The summed E-state index contributed by atoms with van der Waals surface area (Å²) in [6.45, 7) is 8.93. The van der Waals surface area contributed by atoms with Gasteiger partial charge in [0.1, 0.15) is 10.0 Å². The van der Waals surface area contributed by atoms with Crippen molar-refractivity contribution in [2.24, 2.45) is 10.7 Å². The summed E-state index contributed by atoms with van der Waals surface area (Å²) in [6.07, 6.45) is 0.993. The molecule has 5 nitrogen and oxygen atoms in total. The number of guanidine groups is 1. The summed E-state index contributed by atoms with van der Waals surface area (Å²) in [4.78, 5) is 4.33. The highest BCUT2D eigenvalue weighted by atomic mass is 127. The molecule has 0 unspecified atom stereocenters. The van der Waals surface area contributed by atoms with Crippen molar-refractivity contribution in [3.05, 3.63) is 39.8 Å². The van der Waals surface area contributed by atoms with E-state index in [1.54, 1.807) is 11.3 Å². The van der Waals surface area contributed by atoms with Gasteiger partial charge in [-0.3, -0.25) is 0 Å². The molecule has 0 aliphatic carbocycles. The maximum absolute atomic E-state index is 5.93. The molecule has 2 rings (SSSR count). The zero-order valence-corrected chi connectivity index (χ0v) is 17.1. The summed E-state index contributed by atoms with van der Waals surface area (Å²) >= 11 is 1.58. The maximum atomic E-state index is 5.93. The van der Waals surface area contributed by atoms with Crippen LogP contribution in [0.5, 0.6) is 0 Å². The smallest absolute Gasteiger partial charge is 0.193 e. The lowest BCUT2D eigenvalue weighted by Gasteiger charge is -2.12. The Morgan fingerprint density at radius 3 is 2.65 bits per heavy atom. The third-order valence-electron chi connectivity index (χ3n) is 3.10. The van der Waals surface area contributed by atoms with Crippen LogP contribution in [0.4, 0.5) is 5.69 Å². The van der Waals surface area contributed by atoms with E-state index in [0.717, 1.165) is 22.1 Å². The van der Waals surface area contributed by atoms with E-state index in [1.807, 2.05) is 12.1 Å². The number of nitrogens with one attached hydrogen (secondary N) is 1. The summed E-state index contributed by atoms with van der Waals surface area (Å²) < 4.78 is 0. The number of nitrogens with two attached hydrogens (primary N) is 1. The maximum Gasteiger partial charge on any atom is 0.193 e. The molecular weight excluding hydrogens is 421 g/mol. The first-order chi connectivity index (χ1) is 10.4. The molecule has 1 aromatic heterocycles. The van der Waals surface area contributed by atoms with Gasteiger partial charge >= 0.3 is 0 Å². The normalized spacial score (nSPS) is 11.9. The molecule has 0 aliphatic rings. The van der Waals surface area contributed by atoms with E-state index in [2.05, 4.69) is 60.3 Å². The van der Waals surface area contributed by atoms with Gasteiger partial charge in [-0.2, -0.15) is 0 Å². The van der Waals surface area contributed by atoms with Gasteiger partial charge in [0.25, 0.3) is 0 Å². The van der Waals surface area contributed by atoms with Crippen molar-refractivity contribution in [3.8, 4) is 0 Å². The molecule has 2 aromatic rings. The SMILES string of the molecule is CCc1cccc(NC(N)=NCc2nnc(C(C)(C)C)s2)c1.I. The molecule has 0 amide bonds. The first kappa shape index (κ1) is 19.8. The highest BCUT2D eigenvalue weighted by Gasteiger charge is 2.19. The van der Waals surface area contributed by atoms with Crippen LogP contribution < -0.4 is 11.1 Å². The van der Waals surface area contributed by atoms with Gasteiger partial charge in [0, 0.05) is 11.1 Å². The van der Waals surface area contributed by atoms with E-state index >= 15 is 0 Å². The molecular formula is C16H24IN5S. The van der Waals surface area contributed by atoms with Crippen molar-refractivity contribution in [1.82, 2.24) is 10.2 Å². The Morgan fingerprint density at radius 2 is 2.04 bits per heavy atom. The number of aromatic nitrogens is 2. The highest BCUT2D eigenvalue weighted by molar-refractivity contribution is 14.0. The van der Waals surface area contributed by atoms with E-state index < -0.39 is 0 Å². The molecule has 0 fully saturated rings. The fraction of sp³-hybridized carbons (Fsp3) is 0.438. The average molecular weight is 445 g/mol. The van der Waals surface area contributed by atoms with E-state index in [0.29, 0.717) is 12.5 Å². The number of aliphatic imine (C=N–C) groups is 1. The van der Waals surface area contributed by atoms with Gasteiger partial charge in [0.05, 0.1) is 6.54 Å². The Bertz CT molecular complexity index is 660. The lowest BCUT2D eigenvalue weighted by molar-refractivity contribution is 0.577. The van der Waals surface area contributed by atoms with Gasteiger partial charge in [-0.1, -0.05) is 51.2 Å². The van der Waals surface area contributed by atoms with Crippen LogP contribution in [0.25, 0.3) is 0 Å². The van der Waals surface area contributed by atoms with E-state index in [4.69, 9.17) is 5.73 Å². The fourth-order valence-electron chi connectivity index (χ4n) is 1.83. The standard InChI is InChI=1S/C16H23N5S.HI/c1-5-11-7-6-8-12(9-11)19-15(17)18-10-13-20-21-14(22-13)16(2,3)4;/h6-9H,5,10H2,1-4H3,(H3,17,18,19);1H. The molecule has 0 radical (unpaired) electrons. The minimum Gasteiger partial charge on any atom is -0.370 e. The van der Waals surface area contributed by atoms with Crippen molar-refractivity contribution in [2.75, 3.05) is 5.32 Å². The second-order valence-corrected chi connectivity index (χ2v) is 7.19. The number of nitrogens with zero attached hydrogens (tertiary/aromatic N) is 3. The molecule has 1 heterocycles. The molecule has 0 atom stereocenters. The zero-order valence-electron chi connectivity index (χ0n) is 14.0. The summed E-state index contributed by atoms with van der Waals surface area (Å²) in [5.74, 6) is 0.390. The van der Waals surface area contributed by atoms with Gasteiger partial charge in [-0.05, 0) is 24.1 Å². The van der Waals surface area contributed by atoms with Crippen LogP contribution >= 0.6 is 35.3 Å². The second kappa shape index (κ2) is 8.58. The number of rotatable bonds is 4. The monoisotopic (exact) mass is 445 g/mol. The molecule has 7 heteroatoms.